The van der Waals surface area contributed by atoms with Crippen molar-refractivity contribution in [1.29, 1.82) is 0 Å². The van der Waals surface area contributed by atoms with E-state index in [1.807, 2.05) is 18.3 Å². The highest BCUT2D eigenvalue weighted by molar-refractivity contribution is 6.09. The number of rotatable bonds is 8. The van der Waals surface area contributed by atoms with Crippen molar-refractivity contribution in [3.05, 3.63) is 65.5 Å². The summed E-state index contributed by atoms with van der Waals surface area (Å²) in [5.74, 6) is 1.05. The molecule has 0 bridgehead atoms. The second-order valence-electron chi connectivity index (χ2n) is 17.3. The summed E-state index contributed by atoms with van der Waals surface area (Å²) in [6, 6.07) is 16.2. The SMILES string of the molecule is CNC(C)c1cc(Nc2nc(-c3ccc4c(c3)N(C3CC(N5CCC(C)(C)C5)C3)C(=O)C43CCN(C(C)=O)CC3)cc3ncn(C(C)C)c23)ccc1C. The van der Waals surface area contributed by atoms with E-state index in [0.29, 0.717) is 37.4 Å². The number of hydrogen-bond donors (Lipinski definition) is 2. The largest absolute Gasteiger partial charge is 0.343 e. The first-order valence-corrected chi connectivity index (χ1v) is 19.7. The van der Waals surface area contributed by atoms with Gasteiger partial charge in [-0.2, -0.15) is 0 Å². The van der Waals surface area contributed by atoms with Crippen LogP contribution in [0.4, 0.5) is 17.2 Å². The van der Waals surface area contributed by atoms with Crippen LogP contribution in [0.5, 0.6) is 0 Å². The highest BCUT2D eigenvalue weighted by atomic mass is 16.2. The Bertz CT molecular complexity index is 2070. The third-order valence-electron chi connectivity index (χ3n) is 13.0. The maximum atomic E-state index is 14.8. The van der Waals surface area contributed by atoms with Crippen LogP contribution in [-0.2, 0) is 15.0 Å². The van der Waals surface area contributed by atoms with Crippen LogP contribution in [0.25, 0.3) is 22.3 Å². The van der Waals surface area contributed by atoms with Crippen LogP contribution >= 0.6 is 0 Å². The van der Waals surface area contributed by atoms with E-state index in [0.717, 1.165) is 71.0 Å². The smallest absolute Gasteiger partial charge is 0.238 e. The predicted molar refractivity (Wildman–Crippen MR) is 213 cm³/mol. The van der Waals surface area contributed by atoms with Gasteiger partial charge in [0.2, 0.25) is 11.8 Å². The van der Waals surface area contributed by atoms with E-state index in [4.69, 9.17) is 9.97 Å². The molecule has 1 saturated carbocycles. The van der Waals surface area contributed by atoms with Crippen LogP contribution < -0.4 is 15.5 Å². The fourth-order valence-corrected chi connectivity index (χ4v) is 9.50. The molecule has 0 radical (unpaired) electrons. The molecule has 10 heteroatoms. The van der Waals surface area contributed by atoms with E-state index in [9.17, 15) is 9.59 Å². The first-order valence-electron chi connectivity index (χ1n) is 19.7. The molecule has 2 saturated heterocycles. The lowest BCUT2D eigenvalue weighted by Gasteiger charge is -2.46. The molecular weight excluding hydrogens is 661 g/mol. The topological polar surface area (TPSA) is 98.6 Å². The first kappa shape index (κ1) is 35.7. The van der Waals surface area contributed by atoms with Crippen molar-refractivity contribution in [3.63, 3.8) is 0 Å². The van der Waals surface area contributed by atoms with Crippen LogP contribution in [0.1, 0.15) is 102 Å². The number of aryl methyl sites for hydroxylation is 1. The number of pyridine rings is 1. The Morgan fingerprint density at radius 3 is 2.38 bits per heavy atom. The molecule has 2 amide bonds. The Hall–Kier alpha value is -4.28. The lowest BCUT2D eigenvalue weighted by Crippen LogP contribution is -2.57. The average Bonchev–Trinajstić information content (AvgIpc) is 3.77. The quantitative estimate of drug-likeness (QED) is 0.195. The Balaban J connectivity index is 1.18. The molecule has 2 aromatic heterocycles. The maximum absolute atomic E-state index is 14.8. The summed E-state index contributed by atoms with van der Waals surface area (Å²) in [6.45, 7) is 18.5. The van der Waals surface area contributed by atoms with Crippen LogP contribution in [-0.4, -0.2) is 81.5 Å². The number of likely N-dealkylation sites (tertiary alicyclic amines) is 2. The standard InChI is InChI=1S/C43H56N8O2/c1-26(2)50-25-45-37-23-36(47-40(39(37)50)46-31-11-9-27(3)34(20-31)28(4)44-8)30-10-12-35-38(19-30)51(33-21-32(22-33)49-16-13-42(6,7)24-49)41(53)43(35)14-17-48(18-15-43)29(5)52/h9-12,19-20,23,25-26,28,32-33,44H,13-18,21-22,24H2,1-8H3,(H,46,47). The fourth-order valence-electron chi connectivity index (χ4n) is 9.50. The zero-order chi connectivity index (χ0) is 37.4. The second kappa shape index (κ2) is 13.2. The summed E-state index contributed by atoms with van der Waals surface area (Å²) in [5.41, 5.74) is 8.94. The Morgan fingerprint density at radius 2 is 1.72 bits per heavy atom. The van der Waals surface area contributed by atoms with Gasteiger partial charge in [0.15, 0.2) is 5.82 Å². The third-order valence-corrected chi connectivity index (χ3v) is 13.0. The van der Waals surface area contributed by atoms with Gasteiger partial charge >= 0.3 is 0 Å². The van der Waals surface area contributed by atoms with Gasteiger partial charge in [0, 0.05) is 67.7 Å². The molecule has 3 fully saturated rings. The Labute approximate surface area is 314 Å². The molecule has 53 heavy (non-hydrogen) atoms. The normalized spacial score (nSPS) is 22.8. The number of carbonyl (C=O) groups is 2. The number of piperidine rings is 1. The number of benzene rings is 2. The molecule has 3 aliphatic heterocycles. The molecule has 280 valence electrons. The van der Waals surface area contributed by atoms with E-state index in [1.165, 1.54) is 17.5 Å². The molecule has 1 spiro atoms. The van der Waals surface area contributed by atoms with Crippen molar-refractivity contribution in [2.24, 2.45) is 5.41 Å². The van der Waals surface area contributed by atoms with Crippen molar-refractivity contribution in [1.82, 2.24) is 29.7 Å². The van der Waals surface area contributed by atoms with E-state index in [1.54, 1.807) is 6.92 Å². The molecule has 4 aromatic rings. The molecular formula is C43H56N8O2. The number of carbonyl (C=O) groups excluding carboxylic acids is 2. The van der Waals surface area contributed by atoms with Gasteiger partial charge in [-0.25, -0.2) is 9.97 Å². The van der Waals surface area contributed by atoms with Crippen LogP contribution in [0.15, 0.2) is 48.8 Å². The monoisotopic (exact) mass is 716 g/mol. The number of amides is 2. The summed E-state index contributed by atoms with van der Waals surface area (Å²) in [4.78, 5) is 44.0. The predicted octanol–water partition coefficient (Wildman–Crippen LogP) is 7.50. The van der Waals surface area contributed by atoms with Crippen molar-refractivity contribution >= 4 is 40.0 Å². The number of imidazole rings is 1. The number of nitrogens with one attached hydrogen (secondary N) is 2. The number of anilines is 3. The molecule has 1 unspecified atom stereocenters. The van der Waals surface area contributed by atoms with Gasteiger partial charge in [-0.15, -0.1) is 0 Å². The van der Waals surface area contributed by atoms with E-state index in [2.05, 4.69) is 109 Å². The lowest BCUT2D eigenvalue weighted by atomic mass is 9.73. The summed E-state index contributed by atoms with van der Waals surface area (Å²) in [6.07, 6.45) is 6.43. The molecule has 1 atom stereocenters. The number of fused-ring (bicyclic) bond motifs is 3. The highest BCUT2D eigenvalue weighted by Gasteiger charge is 2.56. The minimum Gasteiger partial charge on any atom is -0.343 e. The first-order chi connectivity index (χ1) is 25.3. The second-order valence-corrected chi connectivity index (χ2v) is 17.3. The van der Waals surface area contributed by atoms with Crippen molar-refractivity contribution in [2.75, 3.05) is 43.4 Å². The minimum absolute atomic E-state index is 0.0808. The van der Waals surface area contributed by atoms with Gasteiger partial charge in [-0.3, -0.25) is 14.5 Å². The molecule has 1 aliphatic carbocycles. The zero-order valence-corrected chi connectivity index (χ0v) is 32.8. The number of nitrogens with zero attached hydrogens (tertiary/aromatic N) is 6. The molecule has 2 aromatic carbocycles. The fraction of sp³-hybridized carbons (Fsp3) is 0.535. The van der Waals surface area contributed by atoms with Crippen molar-refractivity contribution < 1.29 is 9.59 Å². The van der Waals surface area contributed by atoms with Gasteiger partial charge in [0.1, 0.15) is 5.52 Å². The van der Waals surface area contributed by atoms with Crippen LogP contribution in [0.2, 0.25) is 0 Å². The molecule has 4 aliphatic rings. The molecule has 5 heterocycles. The Morgan fingerprint density at radius 1 is 0.962 bits per heavy atom. The van der Waals surface area contributed by atoms with Crippen LogP contribution in [0, 0.1) is 12.3 Å². The van der Waals surface area contributed by atoms with Crippen molar-refractivity contribution in [3.8, 4) is 11.3 Å². The summed E-state index contributed by atoms with van der Waals surface area (Å²) < 4.78 is 2.18. The van der Waals surface area contributed by atoms with Gasteiger partial charge in [0.25, 0.3) is 0 Å². The van der Waals surface area contributed by atoms with Crippen molar-refractivity contribution in [2.45, 2.75) is 110 Å². The highest BCUT2D eigenvalue weighted by Crippen LogP contribution is 2.52. The summed E-state index contributed by atoms with van der Waals surface area (Å²) in [7, 11) is 1.99. The van der Waals surface area contributed by atoms with Crippen LogP contribution in [0.3, 0.4) is 0 Å². The van der Waals surface area contributed by atoms with Gasteiger partial charge in [-0.05, 0) is 120 Å². The molecule has 10 nitrogen and oxygen atoms in total. The maximum Gasteiger partial charge on any atom is 0.238 e. The van der Waals surface area contributed by atoms with E-state index < -0.39 is 5.41 Å². The van der Waals surface area contributed by atoms with Gasteiger partial charge in [-0.1, -0.05) is 32.0 Å². The number of aromatic nitrogens is 3. The molecule has 2 N–H and O–H groups in total. The average molecular weight is 717 g/mol. The third kappa shape index (κ3) is 6.11. The summed E-state index contributed by atoms with van der Waals surface area (Å²) in [5, 5.41) is 7.07. The summed E-state index contributed by atoms with van der Waals surface area (Å²) >= 11 is 0. The molecule has 8 rings (SSSR count). The van der Waals surface area contributed by atoms with E-state index >= 15 is 0 Å². The minimum atomic E-state index is -0.603. The zero-order valence-electron chi connectivity index (χ0n) is 32.8. The van der Waals surface area contributed by atoms with E-state index in [-0.39, 0.29) is 29.9 Å². The Kier molecular flexibility index (Phi) is 8.92. The van der Waals surface area contributed by atoms with Gasteiger partial charge in [0.05, 0.1) is 23.0 Å². The lowest BCUT2D eigenvalue weighted by molar-refractivity contribution is -0.134. The van der Waals surface area contributed by atoms with Gasteiger partial charge < -0.3 is 25.0 Å². The number of hydrogen-bond acceptors (Lipinski definition) is 7.